The van der Waals surface area contributed by atoms with E-state index in [0.29, 0.717) is 25.7 Å². The molecule has 0 bridgehead atoms. The molecule has 2 aliphatic rings. The van der Waals surface area contributed by atoms with Gasteiger partial charge in [0.2, 0.25) is 5.91 Å². The fraction of sp³-hybridized carbons (Fsp3) is 0.857. The van der Waals surface area contributed by atoms with E-state index in [-0.39, 0.29) is 37.3 Å². The Balaban J connectivity index is 1.56. The van der Waals surface area contributed by atoms with Gasteiger partial charge < -0.3 is 15.2 Å². The molecule has 2 saturated carbocycles. The number of alkyl halides is 3. The molecule has 0 aromatic carbocycles. The van der Waals surface area contributed by atoms with Gasteiger partial charge in [0.25, 0.3) is 0 Å². The smallest absolute Gasteiger partial charge is 0.481 e. The number of aliphatic carboxylic acids is 1. The van der Waals surface area contributed by atoms with E-state index in [1.54, 1.807) is 0 Å². The van der Waals surface area contributed by atoms with Gasteiger partial charge in [-0.3, -0.25) is 14.3 Å². The van der Waals surface area contributed by atoms with E-state index in [1.165, 1.54) is 0 Å². The number of carbonyl (C=O) groups excluding carboxylic acids is 1. The lowest BCUT2D eigenvalue weighted by molar-refractivity contribution is -0.357. The number of amides is 1. The van der Waals surface area contributed by atoms with Crippen LogP contribution in [0.1, 0.15) is 38.5 Å². The van der Waals surface area contributed by atoms with E-state index >= 15 is 0 Å². The van der Waals surface area contributed by atoms with Gasteiger partial charge in [-0.2, -0.15) is 0 Å². The molecule has 2 aliphatic carbocycles. The second-order valence-corrected chi connectivity index (χ2v) is 6.04. The minimum Gasteiger partial charge on any atom is -0.481 e. The number of hydrogen-bond donors (Lipinski definition) is 2. The molecule has 0 atom stereocenters. The highest BCUT2D eigenvalue weighted by Crippen LogP contribution is 2.32. The molecule has 0 unspecified atom stereocenters. The van der Waals surface area contributed by atoms with Crippen molar-refractivity contribution in [2.24, 2.45) is 5.92 Å². The van der Waals surface area contributed by atoms with Crippen molar-refractivity contribution in [3.63, 3.8) is 0 Å². The van der Waals surface area contributed by atoms with Crippen LogP contribution in [0, 0.1) is 5.92 Å². The average molecular weight is 339 g/mol. The van der Waals surface area contributed by atoms with Crippen LogP contribution in [0.15, 0.2) is 0 Å². The van der Waals surface area contributed by atoms with Crippen molar-refractivity contribution in [1.82, 2.24) is 5.32 Å². The summed E-state index contributed by atoms with van der Waals surface area (Å²) in [5.74, 6) is -1.48. The maximum absolute atomic E-state index is 11.9. The quantitative estimate of drug-likeness (QED) is 0.771. The fourth-order valence-electron chi connectivity index (χ4n) is 2.89. The molecule has 132 valence electrons. The highest BCUT2D eigenvalue weighted by molar-refractivity contribution is 5.77. The molecule has 0 heterocycles. The Bertz CT molecular complexity index is 429. The van der Waals surface area contributed by atoms with Crippen LogP contribution < -0.4 is 5.32 Å². The lowest BCUT2D eigenvalue weighted by atomic mass is 9.86. The molecule has 1 amide bonds. The molecule has 0 saturated heterocycles. The van der Waals surface area contributed by atoms with E-state index in [1.807, 2.05) is 0 Å². The van der Waals surface area contributed by atoms with Crippen LogP contribution in [0.5, 0.6) is 0 Å². The van der Waals surface area contributed by atoms with Crippen molar-refractivity contribution in [1.29, 1.82) is 0 Å². The molecular formula is C14H20F3NO5. The third-order valence-corrected chi connectivity index (χ3v) is 4.24. The minimum atomic E-state index is -4.64. The normalized spacial score (nSPS) is 31.3. The van der Waals surface area contributed by atoms with Crippen LogP contribution in [-0.2, 0) is 19.1 Å². The van der Waals surface area contributed by atoms with E-state index < -0.39 is 24.5 Å². The van der Waals surface area contributed by atoms with Crippen molar-refractivity contribution >= 4 is 11.9 Å². The summed E-state index contributed by atoms with van der Waals surface area (Å²) in [6.07, 6.45) is -3.42. The van der Waals surface area contributed by atoms with Crippen molar-refractivity contribution in [2.75, 3.05) is 6.61 Å². The molecule has 0 aromatic heterocycles. The van der Waals surface area contributed by atoms with E-state index in [2.05, 4.69) is 10.1 Å². The zero-order valence-electron chi connectivity index (χ0n) is 12.5. The lowest BCUT2D eigenvalue weighted by Crippen LogP contribution is -2.44. The van der Waals surface area contributed by atoms with Gasteiger partial charge in [0.1, 0.15) is 6.61 Å². The third kappa shape index (κ3) is 5.98. The van der Waals surface area contributed by atoms with Crippen LogP contribution in [0.2, 0.25) is 0 Å². The Morgan fingerprint density at radius 1 is 1.09 bits per heavy atom. The Kier molecular flexibility index (Phi) is 5.85. The van der Waals surface area contributed by atoms with Crippen molar-refractivity contribution in [2.45, 2.75) is 63.1 Å². The van der Waals surface area contributed by atoms with Crippen molar-refractivity contribution < 1.29 is 37.3 Å². The number of carboxylic acids is 1. The lowest BCUT2D eigenvalue weighted by Gasteiger charge is -2.35. The maximum Gasteiger partial charge on any atom is 0.522 e. The van der Waals surface area contributed by atoms with E-state index in [9.17, 15) is 22.8 Å². The Hall–Kier alpha value is -1.35. The minimum absolute atomic E-state index is 0.0654. The molecule has 23 heavy (non-hydrogen) atoms. The Morgan fingerprint density at radius 3 is 2.22 bits per heavy atom. The predicted octanol–water partition coefficient (Wildman–Crippen LogP) is 1.83. The van der Waals surface area contributed by atoms with Crippen LogP contribution in [-0.4, -0.2) is 48.2 Å². The van der Waals surface area contributed by atoms with Gasteiger partial charge in [-0.1, -0.05) is 0 Å². The Morgan fingerprint density at radius 2 is 1.70 bits per heavy atom. The number of rotatable bonds is 6. The highest BCUT2D eigenvalue weighted by atomic mass is 19.4. The highest BCUT2D eigenvalue weighted by Gasteiger charge is 2.40. The van der Waals surface area contributed by atoms with Gasteiger partial charge in [-0.15, -0.1) is 13.2 Å². The molecule has 2 rings (SSSR count). The van der Waals surface area contributed by atoms with E-state index in [4.69, 9.17) is 9.84 Å². The molecular weight excluding hydrogens is 319 g/mol. The summed E-state index contributed by atoms with van der Waals surface area (Å²) in [4.78, 5) is 22.5. The van der Waals surface area contributed by atoms with Crippen molar-refractivity contribution in [3.8, 4) is 0 Å². The standard InChI is InChI=1S/C14H20F3NO5/c15-14(16,17)23-11-5-10(6-11)22-7-12(19)18-9-3-1-8(2-4-9)13(20)21/h8-11H,1-7H2,(H,18,19)(H,20,21). The van der Waals surface area contributed by atoms with Gasteiger partial charge in [-0.05, 0) is 25.7 Å². The first kappa shape index (κ1) is 18.0. The van der Waals surface area contributed by atoms with Crippen LogP contribution in [0.4, 0.5) is 13.2 Å². The Labute approximate surface area is 131 Å². The van der Waals surface area contributed by atoms with E-state index in [0.717, 1.165) is 0 Å². The number of carboxylic acid groups (broad SMARTS) is 1. The summed E-state index contributed by atoms with van der Waals surface area (Å²) in [7, 11) is 0. The molecule has 2 N–H and O–H groups in total. The third-order valence-electron chi connectivity index (χ3n) is 4.24. The number of halogens is 3. The van der Waals surface area contributed by atoms with Gasteiger partial charge in [0.15, 0.2) is 0 Å². The molecule has 0 aliphatic heterocycles. The number of ether oxygens (including phenoxy) is 2. The summed E-state index contributed by atoms with van der Waals surface area (Å²) >= 11 is 0. The summed E-state index contributed by atoms with van der Waals surface area (Å²) in [6, 6.07) is -0.0654. The second kappa shape index (κ2) is 7.48. The first-order chi connectivity index (χ1) is 10.7. The molecule has 9 heteroatoms. The first-order valence-corrected chi connectivity index (χ1v) is 7.61. The molecule has 2 fully saturated rings. The summed E-state index contributed by atoms with van der Waals surface area (Å²) in [5, 5.41) is 11.7. The number of nitrogens with one attached hydrogen (secondary N) is 1. The largest absolute Gasteiger partial charge is 0.522 e. The van der Waals surface area contributed by atoms with Gasteiger partial charge >= 0.3 is 12.3 Å². The summed E-state index contributed by atoms with van der Waals surface area (Å²) in [5.41, 5.74) is 0. The van der Waals surface area contributed by atoms with Gasteiger partial charge in [0, 0.05) is 18.9 Å². The van der Waals surface area contributed by atoms with Crippen LogP contribution in [0.25, 0.3) is 0 Å². The molecule has 0 aromatic rings. The van der Waals surface area contributed by atoms with Crippen LogP contribution >= 0.6 is 0 Å². The molecule has 0 radical (unpaired) electrons. The molecule has 6 nitrogen and oxygen atoms in total. The monoisotopic (exact) mass is 339 g/mol. The topological polar surface area (TPSA) is 84.9 Å². The van der Waals surface area contributed by atoms with Crippen molar-refractivity contribution in [3.05, 3.63) is 0 Å². The fourth-order valence-corrected chi connectivity index (χ4v) is 2.89. The average Bonchev–Trinajstić information content (AvgIpc) is 2.40. The first-order valence-electron chi connectivity index (χ1n) is 7.61. The van der Waals surface area contributed by atoms with Gasteiger partial charge in [0.05, 0.1) is 18.1 Å². The number of carbonyl (C=O) groups is 2. The van der Waals surface area contributed by atoms with Crippen LogP contribution in [0.3, 0.4) is 0 Å². The SMILES string of the molecule is O=C(COC1CC(OC(F)(F)F)C1)NC1CCC(C(=O)O)CC1. The molecule has 0 spiro atoms. The zero-order valence-corrected chi connectivity index (χ0v) is 12.5. The zero-order chi connectivity index (χ0) is 17.0. The maximum atomic E-state index is 11.9. The summed E-state index contributed by atoms with van der Waals surface area (Å²) < 4.78 is 44.9. The predicted molar refractivity (Wildman–Crippen MR) is 71.4 cm³/mol. The summed E-state index contributed by atoms with van der Waals surface area (Å²) in [6.45, 7) is -0.206. The number of hydrogen-bond acceptors (Lipinski definition) is 4. The second-order valence-electron chi connectivity index (χ2n) is 6.04. The van der Waals surface area contributed by atoms with Gasteiger partial charge in [-0.25, -0.2) is 0 Å².